The topological polar surface area (TPSA) is 46.9 Å². The van der Waals surface area contributed by atoms with E-state index in [1.807, 2.05) is 24.3 Å². The van der Waals surface area contributed by atoms with Crippen molar-refractivity contribution in [3.8, 4) is 0 Å². The zero-order valence-corrected chi connectivity index (χ0v) is 15.1. The van der Waals surface area contributed by atoms with Gasteiger partial charge in [-0.1, -0.05) is 17.7 Å². The fourth-order valence-electron chi connectivity index (χ4n) is 2.85. The number of aromatic nitrogens is 1. The number of carbonyl (C=O) groups is 1. The molecule has 1 aliphatic rings. The van der Waals surface area contributed by atoms with Gasteiger partial charge in [-0.25, -0.2) is 9.78 Å². The van der Waals surface area contributed by atoms with Crippen LogP contribution in [0.5, 0.6) is 0 Å². The summed E-state index contributed by atoms with van der Waals surface area (Å²) in [5.74, 6) is -0.228. The number of hydrogen-bond donors (Lipinski definition) is 0. The molecule has 2 aromatic rings. The summed E-state index contributed by atoms with van der Waals surface area (Å²) in [7, 11) is 0. The molecule has 0 saturated carbocycles. The molecule has 5 nitrogen and oxygen atoms in total. The molecule has 0 radical (unpaired) electrons. The predicted octanol–water partition coefficient (Wildman–Crippen LogP) is 3.20. The van der Waals surface area contributed by atoms with Gasteiger partial charge in [0.05, 0.1) is 18.7 Å². The number of esters is 1. The fourth-order valence-corrected chi connectivity index (χ4v) is 3.03. The lowest BCUT2D eigenvalue weighted by atomic mass is 10.2. The lowest BCUT2D eigenvalue weighted by Gasteiger charge is -2.32. The third-order valence-corrected chi connectivity index (χ3v) is 4.43. The molecule has 0 amide bonds. The molecule has 27 heavy (non-hydrogen) atoms. The molecule has 144 valence electrons. The molecule has 0 unspecified atom stereocenters. The highest BCUT2D eigenvalue weighted by molar-refractivity contribution is 6.30. The number of nitrogens with zero attached hydrogens (tertiary/aromatic N) is 2. The number of ether oxygens (including phenoxy) is 1. The number of carbonyl (C=O) groups excluding carboxylic acids is 1. The predicted molar refractivity (Wildman–Crippen MR) is 95.2 cm³/mol. The standard InChI is InChI=1S/C18H17ClF3N3O2/c19-14-2-1-3-15(10-14)24-6-8-25(9-7-24)16-5-4-13(11-23-16)17(26)27-12-18(20,21)22/h1-5,10-11H,6-9,12H2/p+1. The Morgan fingerprint density at radius 1 is 1.11 bits per heavy atom. The summed E-state index contributed by atoms with van der Waals surface area (Å²) in [6.07, 6.45) is -3.18. The number of halogens is 4. The molecule has 1 aromatic carbocycles. The van der Waals surface area contributed by atoms with Crippen molar-refractivity contribution in [2.75, 3.05) is 42.6 Å². The first kappa shape index (κ1) is 19.3. The minimum atomic E-state index is -4.54. The van der Waals surface area contributed by atoms with Crippen molar-refractivity contribution in [1.82, 2.24) is 0 Å². The Balaban J connectivity index is 1.56. The van der Waals surface area contributed by atoms with Crippen LogP contribution in [0.4, 0.5) is 24.7 Å². The zero-order chi connectivity index (χ0) is 19.4. The highest BCUT2D eigenvalue weighted by Crippen LogP contribution is 2.22. The molecule has 0 atom stereocenters. The molecule has 1 saturated heterocycles. The van der Waals surface area contributed by atoms with Crippen molar-refractivity contribution in [2.45, 2.75) is 6.18 Å². The highest BCUT2D eigenvalue weighted by atomic mass is 35.5. The molecule has 2 heterocycles. The maximum absolute atomic E-state index is 12.1. The second kappa shape index (κ2) is 8.04. The van der Waals surface area contributed by atoms with Gasteiger partial charge in [-0.2, -0.15) is 13.2 Å². The van der Waals surface area contributed by atoms with Crippen LogP contribution in [0.15, 0.2) is 42.6 Å². The number of hydrogen-bond acceptors (Lipinski definition) is 4. The van der Waals surface area contributed by atoms with E-state index >= 15 is 0 Å². The average Bonchev–Trinajstić information content (AvgIpc) is 2.66. The van der Waals surface area contributed by atoms with E-state index in [1.165, 1.54) is 12.3 Å². The summed E-state index contributed by atoms with van der Waals surface area (Å²) in [4.78, 5) is 18.9. The lowest BCUT2D eigenvalue weighted by Crippen LogP contribution is -2.48. The maximum Gasteiger partial charge on any atom is 0.422 e. The lowest BCUT2D eigenvalue weighted by molar-refractivity contribution is -0.364. The summed E-state index contributed by atoms with van der Waals surface area (Å²) in [6, 6.07) is 10.8. The first-order valence-corrected chi connectivity index (χ1v) is 8.71. The Bertz CT molecular complexity index is 791. The van der Waals surface area contributed by atoms with Crippen molar-refractivity contribution >= 4 is 29.1 Å². The van der Waals surface area contributed by atoms with Gasteiger partial charge in [-0.3, -0.25) is 4.90 Å². The van der Waals surface area contributed by atoms with E-state index in [0.717, 1.165) is 37.7 Å². The van der Waals surface area contributed by atoms with Crippen LogP contribution in [-0.2, 0) is 4.74 Å². The van der Waals surface area contributed by atoms with Crippen LogP contribution in [0.2, 0.25) is 5.02 Å². The second-order valence-corrected chi connectivity index (χ2v) is 6.54. The molecule has 0 aliphatic carbocycles. The molecule has 9 heteroatoms. The van der Waals surface area contributed by atoms with Crippen molar-refractivity contribution in [3.05, 3.63) is 53.2 Å². The van der Waals surface area contributed by atoms with Crippen LogP contribution < -0.4 is 14.8 Å². The molecule has 1 aliphatic heterocycles. The Morgan fingerprint density at radius 3 is 2.41 bits per heavy atom. The number of benzene rings is 1. The quantitative estimate of drug-likeness (QED) is 0.739. The first-order chi connectivity index (χ1) is 12.8. The molecule has 0 bridgehead atoms. The molecule has 1 N–H and O–H groups in total. The normalized spacial score (nSPS) is 15.0. The number of alkyl halides is 3. The van der Waals surface area contributed by atoms with Crippen LogP contribution in [0, 0.1) is 0 Å². The Labute approximate surface area is 159 Å². The van der Waals surface area contributed by atoms with E-state index in [2.05, 4.69) is 19.5 Å². The average molecular weight is 401 g/mol. The molecular formula is C18H18ClF3N3O2+. The molecule has 1 aromatic heterocycles. The van der Waals surface area contributed by atoms with Gasteiger partial charge in [0.1, 0.15) is 19.3 Å². The Morgan fingerprint density at radius 2 is 1.81 bits per heavy atom. The van der Waals surface area contributed by atoms with Crippen LogP contribution in [0.1, 0.15) is 10.4 Å². The van der Waals surface area contributed by atoms with Crippen molar-refractivity contribution in [1.29, 1.82) is 0 Å². The van der Waals surface area contributed by atoms with Crippen molar-refractivity contribution in [3.63, 3.8) is 0 Å². The molecule has 3 rings (SSSR count). The van der Waals surface area contributed by atoms with E-state index in [9.17, 15) is 18.0 Å². The third-order valence-electron chi connectivity index (χ3n) is 4.19. The minimum absolute atomic E-state index is 0.0422. The van der Waals surface area contributed by atoms with Crippen LogP contribution >= 0.6 is 11.6 Å². The number of H-pyrrole nitrogens is 1. The monoisotopic (exact) mass is 400 g/mol. The highest BCUT2D eigenvalue weighted by Gasteiger charge is 2.30. The largest absolute Gasteiger partial charge is 0.452 e. The number of piperazine rings is 1. The number of rotatable bonds is 4. The Hall–Kier alpha value is -2.48. The van der Waals surface area contributed by atoms with Crippen LogP contribution in [-0.4, -0.2) is 44.9 Å². The van der Waals surface area contributed by atoms with E-state index in [0.29, 0.717) is 5.02 Å². The van der Waals surface area contributed by atoms with Crippen molar-refractivity contribution < 1.29 is 27.7 Å². The third kappa shape index (κ3) is 5.26. The van der Waals surface area contributed by atoms with E-state index in [-0.39, 0.29) is 5.56 Å². The van der Waals surface area contributed by atoms with E-state index in [1.54, 1.807) is 6.07 Å². The first-order valence-electron chi connectivity index (χ1n) is 8.33. The van der Waals surface area contributed by atoms with Gasteiger partial charge in [-0.05, 0) is 24.3 Å². The Kier molecular flexibility index (Phi) is 5.74. The SMILES string of the molecule is O=C(OCC(F)(F)F)c1ccc(N2CCN(c3cccc(Cl)c3)CC2)[nH+]c1. The van der Waals surface area contributed by atoms with Crippen LogP contribution in [0.25, 0.3) is 0 Å². The van der Waals surface area contributed by atoms with Gasteiger partial charge in [-0.15, -0.1) is 0 Å². The minimum Gasteiger partial charge on any atom is -0.452 e. The van der Waals surface area contributed by atoms with Gasteiger partial charge < -0.3 is 9.64 Å². The summed E-state index contributed by atoms with van der Waals surface area (Å²) in [5.41, 5.74) is 1.11. The maximum atomic E-state index is 12.1. The van der Waals surface area contributed by atoms with Gasteiger partial charge in [0.2, 0.25) is 0 Å². The smallest absolute Gasteiger partial charge is 0.422 e. The summed E-state index contributed by atoms with van der Waals surface area (Å²) in [5, 5.41) is 0.691. The van der Waals surface area contributed by atoms with Crippen LogP contribution in [0.3, 0.4) is 0 Å². The van der Waals surface area contributed by atoms with Gasteiger partial charge >= 0.3 is 12.1 Å². The van der Waals surface area contributed by atoms with Gasteiger partial charge in [0.25, 0.3) is 5.82 Å². The summed E-state index contributed by atoms with van der Waals surface area (Å²) >= 11 is 6.03. The second-order valence-electron chi connectivity index (χ2n) is 6.11. The number of nitrogens with one attached hydrogen (secondary N) is 1. The number of pyridine rings is 1. The summed E-state index contributed by atoms with van der Waals surface area (Å²) < 4.78 is 40.6. The molecular weight excluding hydrogens is 383 g/mol. The van der Waals surface area contributed by atoms with Crippen molar-refractivity contribution in [2.24, 2.45) is 0 Å². The molecule has 1 fully saturated rings. The summed E-state index contributed by atoms with van der Waals surface area (Å²) in [6.45, 7) is 1.49. The van der Waals surface area contributed by atoms with E-state index in [4.69, 9.17) is 11.6 Å². The number of aromatic amines is 1. The van der Waals surface area contributed by atoms with Gasteiger partial charge in [0.15, 0.2) is 6.61 Å². The number of anilines is 2. The van der Waals surface area contributed by atoms with Gasteiger partial charge in [0, 0.05) is 16.8 Å². The zero-order valence-electron chi connectivity index (χ0n) is 14.3. The van der Waals surface area contributed by atoms with E-state index < -0.39 is 18.8 Å². The molecule has 0 spiro atoms. The fraction of sp³-hybridized carbons (Fsp3) is 0.333.